The summed E-state index contributed by atoms with van der Waals surface area (Å²) < 4.78 is 0. The van der Waals surface area contributed by atoms with Gasteiger partial charge in [-0.05, 0) is 76.3 Å². The lowest BCUT2D eigenvalue weighted by Gasteiger charge is -2.25. The molecule has 0 aliphatic carbocycles. The summed E-state index contributed by atoms with van der Waals surface area (Å²) in [6.45, 7) is 7.07. The fraction of sp³-hybridized carbons (Fsp3) is 0.647. The molecule has 1 unspecified atom stereocenters. The minimum Gasteiger partial charge on any atom is -0.316 e. The number of aryl methyl sites for hydroxylation is 1. The lowest BCUT2D eigenvalue weighted by molar-refractivity contribution is 0.275. The van der Waals surface area contributed by atoms with Crippen molar-refractivity contribution in [3.63, 3.8) is 0 Å². The Balaban J connectivity index is 1.66. The summed E-state index contributed by atoms with van der Waals surface area (Å²) in [5, 5.41) is 3.51. The summed E-state index contributed by atoms with van der Waals surface area (Å²) >= 11 is 0. The van der Waals surface area contributed by atoms with Gasteiger partial charge in [-0.1, -0.05) is 24.3 Å². The maximum atomic E-state index is 3.51. The van der Waals surface area contributed by atoms with Gasteiger partial charge in [0.05, 0.1) is 0 Å². The monoisotopic (exact) mass is 260 g/mol. The molecule has 1 heterocycles. The van der Waals surface area contributed by atoms with Crippen LogP contribution in [0, 0.1) is 12.8 Å². The van der Waals surface area contributed by atoms with Crippen molar-refractivity contribution in [2.45, 2.75) is 32.6 Å². The van der Waals surface area contributed by atoms with E-state index < -0.39 is 0 Å². The third-order valence-electron chi connectivity index (χ3n) is 4.34. The molecule has 1 aromatic carbocycles. The van der Waals surface area contributed by atoms with Crippen LogP contribution in [0.3, 0.4) is 0 Å². The van der Waals surface area contributed by atoms with E-state index in [1.54, 1.807) is 0 Å². The van der Waals surface area contributed by atoms with Crippen molar-refractivity contribution in [2.75, 3.05) is 33.2 Å². The molecule has 106 valence electrons. The van der Waals surface area contributed by atoms with Crippen LogP contribution in [-0.2, 0) is 6.42 Å². The standard InChI is InChI=1S/C17H28N2/c1-15-6-3-4-8-17(15)10-13-19(2)12-9-16-7-5-11-18-14-16/h3-4,6,8,16,18H,5,7,9-14H2,1-2H3. The Hall–Kier alpha value is -0.860. The van der Waals surface area contributed by atoms with E-state index in [0.717, 1.165) is 5.92 Å². The molecule has 19 heavy (non-hydrogen) atoms. The van der Waals surface area contributed by atoms with Gasteiger partial charge >= 0.3 is 0 Å². The summed E-state index contributed by atoms with van der Waals surface area (Å²) in [4.78, 5) is 2.49. The molecular weight excluding hydrogens is 232 g/mol. The first-order chi connectivity index (χ1) is 9.25. The highest BCUT2D eigenvalue weighted by molar-refractivity contribution is 5.25. The number of benzene rings is 1. The largest absolute Gasteiger partial charge is 0.316 e. The molecule has 1 N–H and O–H groups in total. The van der Waals surface area contributed by atoms with E-state index in [2.05, 4.69) is 48.5 Å². The summed E-state index contributed by atoms with van der Waals surface area (Å²) in [5.41, 5.74) is 2.92. The quantitative estimate of drug-likeness (QED) is 0.846. The molecule has 0 amide bonds. The fourth-order valence-electron chi connectivity index (χ4n) is 2.89. The van der Waals surface area contributed by atoms with Gasteiger partial charge in [0, 0.05) is 6.54 Å². The Morgan fingerprint density at radius 2 is 2.11 bits per heavy atom. The van der Waals surface area contributed by atoms with Gasteiger partial charge in [0.2, 0.25) is 0 Å². The smallest absolute Gasteiger partial charge is 0.00189 e. The van der Waals surface area contributed by atoms with Gasteiger partial charge < -0.3 is 10.2 Å². The summed E-state index contributed by atoms with van der Waals surface area (Å²) in [6, 6.07) is 8.74. The fourth-order valence-corrected chi connectivity index (χ4v) is 2.89. The Labute approximate surface area is 118 Å². The van der Waals surface area contributed by atoms with E-state index in [0.29, 0.717) is 0 Å². The van der Waals surface area contributed by atoms with Crippen LogP contribution in [-0.4, -0.2) is 38.1 Å². The van der Waals surface area contributed by atoms with Crippen LogP contribution in [0.2, 0.25) is 0 Å². The number of nitrogens with zero attached hydrogens (tertiary/aromatic N) is 1. The molecule has 0 bridgehead atoms. The van der Waals surface area contributed by atoms with E-state index in [1.807, 2.05) is 0 Å². The van der Waals surface area contributed by atoms with Crippen LogP contribution in [0.1, 0.15) is 30.4 Å². The van der Waals surface area contributed by atoms with Crippen LogP contribution in [0.4, 0.5) is 0 Å². The summed E-state index contributed by atoms with van der Waals surface area (Å²) in [7, 11) is 2.26. The SMILES string of the molecule is Cc1ccccc1CCN(C)CCC1CCCNC1. The molecule has 2 nitrogen and oxygen atoms in total. The average molecular weight is 260 g/mol. The van der Waals surface area contributed by atoms with Gasteiger partial charge in [0.15, 0.2) is 0 Å². The van der Waals surface area contributed by atoms with E-state index in [9.17, 15) is 0 Å². The Morgan fingerprint density at radius 1 is 1.26 bits per heavy atom. The lowest BCUT2D eigenvalue weighted by atomic mass is 9.96. The first-order valence-corrected chi connectivity index (χ1v) is 7.69. The molecular formula is C17H28N2. The second kappa shape index (κ2) is 7.66. The maximum Gasteiger partial charge on any atom is 0.00189 e. The molecule has 0 aromatic heterocycles. The van der Waals surface area contributed by atoms with Crippen LogP contribution < -0.4 is 5.32 Å². The van der Waals surface area contributed by atoms with Gasteiger partial charge in [-0.25, -0.2) is 0 Å². The van der Waals surface area contributed by atoms with E-state index >= 15 is 0 Å². The summed E-state index contributed by atoms with van der Waals surface area (Å²) in [6.07, 6.45) is 5.29. The van der Waals surface area contributed by atoms with E-state index in [1.165, 1.54) is 63.0 Å². The zero-order valence-electron chi connectivity index (χ0n) is 12.5. The van der Waals surface area contributed by atoms with Gasteiger partial charge in [-0.2, -0.15) is 0 Å². The number of nitrogens with one attached hydrogen (secondary N) is 1. The Bertz CT molecular complexity index is 369. The molecule has 1 atom stereocenters. The number of rotatable bonds is 6. The molecule has 1 aromatic rings. The minimum absolute atomic E-state index is 0.898. The van der Waals surface area contributed by atoms with Crippen molar-refractivity contribution in [1.82, 2.24) is 10.2 Å². The first-order valence-electron chi connectivity index (χ1n) is 7.69. The average Bonchev–Trinajstić information content (AvgIpc) is 2.45. The molecule has 1 aliphatic rings. The molecule has 1 fully saturated rings. The Morgan fingerprint density at radius 3 is 2.84 bits per heavy atom. The number of piperidine rings is 1. The van der Waals surface area contributed by atoms with Crippen molar-refractivity contribution in [2.24, 2.45) is 5.92 Å². The predicted octanol–water partition coefficient (Wildman–Crippen LogP) is 2.86. The topological polar surface area (TPSA) is 15.3 Å². The zero-order chi connectivity index (χ0) is 13.5. The molecule has 0 radical (unpaired) electrons. The van der Waals surface area contributed by atoms with Crippen LogP contribution in [0.15, 0.2) is 24.3 Å². The molecule has 2 rings (SSSR count). The number of hydrogen-bond acceptors (Lipinski definition) is 2. The van der Waals surface area contributed by atoms with Crippen LogP contribution in [0.5, 0.6) is 0 Å². The second-order valence-electron chi connectivity index (χ2n) is 5.98. The van der Waals surface area contributed by atoms with Crippen molar-refractivity contribution < 1.29 is 0 Å². The highest BCUT2D eigenvalue weighted by Gasteiger charge is 2.13. The van der Waals surface area contributed by atoms with Crippen molar-refractivity contribution >= 4 is 0 Å². The van der Waals surface area contributed by atoms with Crippen molar-refractivity contribution in [1.29, 1.82) is 0 Å². The molecule has 1 saturated heterocycles. The number of hydrogen-bond donors (Lipinski definition) is 1. The van der Waals surface area contributed by atoms with E-state index in [-0.39, 0.29) is 0 Å². The minimum atomic E-state index is 0.898. The Kier molecular flexibility index (Phi) is 5.87. The van der Waals surface area contributed by atoms with Gasteiger partial charge in [0.25, 0.3) is 0 Å². The first kappa shape index (κ1) is 14.5. The maximum absolute atomic E-state index is 3.51. The van der Waals surface area contributed by atoms with Gasteiger partial charge in [-0.3, -0.25) is 0 Å². The molecule has 0 saturated carbocycles. The number of likely N-dealkylation sites (N-methyl/N-ethyl adjacent to an activating group) is 1. The van der Waals surface area contributed by atoms with E-state index in [4.69, 9.17) is 0 Å². The predicted molar refractivity (Wildman–Crippen MR) is 82.6 cm³/mol. The second-order valence-corrected chi connectivity index (χ2v) is 5.98. The molecule has 2 heteroatoms. The normalized spacial score (nSPS) is 19.8. The van der Waals surface area contributed by atoms with Crippen LogP contribution in [0.25, 0.3) is 0 Å². The van der Waals surface area contributed by atoms with Crippen molar-refractivity contribution in [3.8, 4) is 0 Å². The van der Waals surface area contributed by atoms with Crippen molar-refractivity contribution in [3.05, 3.63) is 35.4 Å². The lowest BCUT2D eigenvalue weighted by Crippen LogP contribution is -2.32. The molecule has 1 aliphatic heterocycles. The highest BCUT2D eigenvalue weighted by atomic mass is 15.1. The molecule has 0 spiro atoms. The summed E-state index contributed by atoms with van der Waals surface area (Å²) in [5.74, 6) is 0.898. The zero-order valence-corrected chi connectivity index (χ0v) is 12.5. The third-order valence-corrected chi connectivity index (χ3v) is 4.34. The highest BCUT2D eigenvalue weighted by Crippen LogP contribution is 2.14. The van der Waals surface area contributed by atoms with Crippen LogP contribution >= 0.6 is 0 Å². The van der Waals surface area contributed by atoms with Gasteiger partial charge in [0.1, 0.15) is 0 Å². The van der Waals surface area contributed by atoms with Gasteiger partial charge in [-0.15, -0.1) is 0 Å². The third kappa shape index (κ3) is 4.96.